The summed E-state index contributed by atoms with van der Waals surface area (Å²) >= 11 is 3.39. The molecule has 0 fully saturated rings. The zero-order valence-corrected chi connectivity index (χ0v) is 86.7. The van der Waals surface area contributed by atoms with Gasteiger partial charge in [-0.15, -0.1) is 0 Å². The summed E-state index contributed by atoms with van der Waals surface area (Å²) in [5.41, 5.74) is 51.8. The minimum absolute atomic E-state index is 0.00534. The largest absolute Gasteiger partial charge is 0.481 e. The van der Waals surface area contributed by atoms with Crippen molar-refractivity contribution in [1.82, 2.24) is 99.9 Å². The molecule has 12 aromatic heterocycles. The molecule has 39 nitrogen and oxygen atoms in total. The lowest BCUT2D eigenvalue weighted by atomic mass is 9.98. The number of halogens is 1. The first-order chi connectivity index (χ1) is 66.6. The molecule has 0 amide bonds. The van der Waals surface area contributed by atoms with Gasteiger partial charge >= 0.3 is 0 Å². The Balaban J connectivity index is 0.000000207. The third-order valence-electron chi connectivity index (χ3n) is 21.0. The molecule has 0 spiro atoms. The summed E-state index contributed by atoms with van der Waals surface area (Å²) in [6.07, 6.45) is 17.7. The number of benzene rings is 1. The van der Waals surface area contributed by atoms with Crippen LogP contribution < -0.4 is 99.5 Å². The van der Waals surface area contributed by atoms with Gasteiger partial charge in [0.25, 0.3) is 0 Å². The first kappa shape index (κ1) is 111. The molecule has 0 saturated heterocycles. The standard InChI is InChI=1S/C23H27N5O2.C17H25BrN6O.C16H23N5O.C15H21N5O2.C15H21N5O.C14H19N5O/c1-14(2)19-12-26-17(10-20(29)16-6-8-18(9-7-16)28(4)5)11-21(19)30-22-13-25-15(3)27-23(22)24;1-5-24(4)7-6-20-16-14(10-22-17(19)23-16)25-13-8-15(18)21-9-12(13)11(2)3;1-6-11-15(9(2)3)12(7-14(18-5)21-11)22-13-8-19-10(4)20-16(13)17;1-8(2)13-10(6-12(17-4)20-15(13)21-5)22-11-7-18-9(3)19-14(11)16;1-9(2)12-7-19-11(6-17-4)5-13(12)21-14-8-18-10(3)20-15(14)16;1-8(2)11-6-18-10(5-15)4-12(11)20-13-7-17-9(3)19-14(13)16/h6-9,11-14H,10H2,1-5H3,(H2,24,25,27);8-11H,5-7H2,1-4H3,(H3,19,20,22,23);7-9H,6H2,1-5H3,(H,18,21)(H2,17,19,20);6-8H,1-5H3,(H,17,20)(H2,16,18,19);5,7-9,17H,6H2,1-4H3,(H2,16,18,20);4,6-8H,5,15H2,1-3H3,(H2,16,17,19). The van der Waals surface area contributed by atoms with E-state index in [4.69, 9.17) is 73.3 Å². The Morgan fingerprint density at radius 1 is 0.414 bits per heavy atom. The van der Waals surface area contributed by atoms with Crippen molar-refractivity contribution in [3.8, 4) is 74.9 Å². The van der Waals surface area contributed by atoms with E-state index in [1.807, 2.05) is 108 Å². The zero-order valence-electron chi connectivity index (χ0n) is 85.1. The molecule has 40 heteroatoms. The predicted octanol–water partition coefficient (Wildman–Crippen LogP) is 18.2. The van der Waals surface area contributed by atoms with Gasteiger partial charge in [-0.2, -0.15) is 9.97 Å². The number of aromatic nitrogens is 18. The lowest BCUT2D eigenvalue weighted by molar-refractivity contribution is 0.0991. The van der Waals surface area contributed by atoms with Gasteiger partial charge in [0.05, 0.1) is 73.4 Å². The van der Waals surface area contributed by atoms with E-state index >= 15 is 0 Å². The lowest BCUT2D eigenvalue weighted by Crippen LogP contribution is -2.25. The van der Waals surface area contributed by atoms with E-state index in [0.29, 0.717) is 157 Å². The van der Waals surface area contributed by atoms with Crippen LogP contribution in [-0.2, 0) is 25.9 Å². The summed E-state index contributed by atoms with van der Waals surface area (Å²) in [6, 6.07) is 18.6. The average Bonchev–Trinajstić information content (AvgIpc) is 0.795. The minimum atomic E-state index is -0.00534. The van der Waals surface area contributed by atoms with Crippen molar-refractivity contribution in [2.75, 3.05) is 124 Å². The second kappa shape index (κ2) is 53.2. The topological polar surface area (TPSA) is 550 Å². The smallest absolute Gasteiger partial charge is 0.222 e. The van der Waals surface area contributed by atoms with Crippen LogP contribution in [0.15, 0.2) is 127 Å². The molecule has 0 aliphatic carbocycles. The number of ketones is 1. The average molecular weight is 1980 g/mol. The van der Waals surface area contributed by atoms with Gasteiger partial charge in [-0.05, 0) is 137 Å². The van der Waals surface area contributed by atoms with Crippen LogP contribution in [0.2, 0.25) is 0 Å². The third kappa shape index (κ3) is 32.4. The van der Waals surface area contributed by atoms with Gasteiger partial charge in [0.15, 0.2) is 75.2 Å². The highest BCUT2D eigenvalue weighted by atomic mass is 79.9. The number of carbonyl (C=O) groups excluding carboxylic acids is 1. The van der Waals surface area contributed by atoms with Crippen molar-refractivity contribution in [3.63, 3.8) is 0 Å². The molecular formula is C100H136BrN31O8. The number of hydrogen-bond acceptors (Lipinski definition) is 39. The number of nitrogens with two attached hydrogens (primary N) is 7. The number of nitrogen functional groups attached to an aromatic ring is 6. The van der Waals surface area contributed by atoms with E-state index in [1.54, 1.807) is 110 Å². The van der Waals surface area contributed by atoms with Crippen LogP contribution in [0.5, 0.6) is 74.9 Å². The molecule has 0 atom stereocenters. The Morgan fingerprint density at radius 3 is 1.16 bits per heavy atom. The maximum absolute atomic E-state index is 12.7. The molecule has 0 saturated carbocycles. The van der Waals surface area contributed by atoms with Crippen LogP contribution >= 0.6 is 15.9 Å². The molecule has 12 heterocycles. The van der Waals surface area contributed by atoms with Crippen LogP contribution in [0.1, 0.15) is 228 Å². The Labute approximate surface area is 829 Å². The van der Waals surface area contributed by atoms with E-state index in [9.17, 15) is 4.79 Å². The fraction of sp³-hybridized carbons (Fsp3) is 0.390. The molecule has 0 unspecified atom stereocenters. The highest BCUT2D eigenvalue weighted by molar-refractivity contribution is 9.10. The molecule has 140 heavy (non-hydrogen) atoms. The molecule has 746 valence electrons. The lowest BCUT2D eigenvalue weighted by Gasteiger charge is -2.18. The fourth-order valence-electron chi connectivity index (χ4n) is 13.4. The van der Waals surface area contributed by atoms with Crippen molar-refractivity contribution >= 4 is 79.9 Å². The summed E-state index contributed by atoms with van der Waals surface area (Å²) < 4.78 is 41.9. The normalized spacial score (nSPS) is 10.9. The van der Waals surface area contributed by atoms with E-state index in [1.165, 1.54) is 0 Å². The number of pyridine rings is 6. The number of hydrogen-bond donors (Lipinski definition) is 11. The van der Waals surface area contributed by atoms with Gasteiger partial charge < -0.3 is 104 Å². The first-order valence-electron chi connectivity index (χ1n) is 45.9. The maximum Gasteiger partial charge on any atom is 0.222 e. The van der Waals surface area contributed by atoms with Gasteiger partial charge in [0.1, 0.15) is 79.9 Å². The molecule has 0 bridgehead atoms. The van der Waals surface area contributed by atoms with Crippen molar-refractivity contribution < 1.29 is 38.0 Å². The number of nitrogens with one attached hydrogen (secondary N) is 4. The number of carbonyl (C=O) groups is 1. The molecule has 0 radical (unpaired) electrons. The number of nitrogens with zero attached hydrogens (tertiary/aromatic N) is 20. The van der Waals surface area contributed by atoms with Crippen molar-refractivity contribution in [2.24, 2.45) is 5.73 Å². The molecular weight excluding hydrogens is 1840 g/mol. The molecule has 13 aromatic rings. The molecule has 0 aliphatic rings. The van der Waals surface area contributed by atoms with Crippen LogP contribution in [0.3, 0.4) is 0 Å². The SMILES string of the molecule is CCN(C)CCNc1nc(N)ncc1Oc1cc(Br)ncc1C(C)C.CCc1nc(NC)cc(Oc2cnc(C)nc2N)c1C(C)C.CNCc1cc(Oc2cnc(C)nc2N)c(C(C)C)cn1.CNc1cc(Oc2cnc(C)nc2N)c(C(C)C)c(OC)n1.Cc1ncc(Oc2cc(CC(=O)c3ccc(N(C)C)cc3)ncc2C(C)C)c(N)n1.Cc1ncc(Oc2cc(CN)ncc2C(C)C)c(N)n1. The highest BCUT2D eigenvalue weighted by Crippen LogP contribution is 2.43. The zero-order chi connectivity index (χ0) is 103. The number of ether oxygens (including phenoxy) is 7. The highest BCUT2D eigenvalue weighted by Gasteiger charge is 2.25. The molecule has 0 aliphatic heterocycles. The summed E-state index contributed by atoms with van der Waals surface area (Å²) in [5, 5.41) is 12.4. The monoisotopic (exact) mass is 1980 g/mol. The van der Waals surface area contributed by atoms with Crippen molar-refractivity contribution in [3.05, 3.63) is 218 Å². The number of Topliss-reactive ketones (excluding diaryl/α,β-unsaturated/α-hetero) is 1. The second-order valence-electron chi connectivity index (χ2n) is 34.2. The number of anilines is 10. The predicted molar refractivity (Wildman–Crippen MR) is 557 cm³/mol. The minimum Gasteiger partial charge on any atom is -0.481 e. The number of methoxy groups -OCH3 is 1. The summed E-state index contributed by atoms with van der Waals surface area (Å²) in [7, 11) is 13.1. The van der Waals surface area contributed by atoms with E-state index in [0.717, 1.165) is 105 Å². The quantitative estimate of drug-likeness (QED) is 0.0132. The second-order valence-corrected chi connectivity index (χ2v) is 35.1. The van der Waals surface area contributed by atoms with Crippen LogP contribution in [0.25, 0.3) is 0 Å². The van der Waals surface area contributed by atoms with Gasteiger partial charge in [-0.3, -0.25) is 19.7 Å². The van der Waals surface area contributed by atoms with Crippen LogP contribution in [0, 0.1) is 34.6 Å². The van der Waals surface area contributed by atoms with Gasteiger partial charge in [-0.1, -0.05) is 96.9 Å². The molecule has 1 aromatic carbocycles. The van der Waals surface area contributed by atoms with E-state index < -0.39 is 0 Å². The Bertz CT molecular complexity index is 6140. The third-order valence-corrected chi connectivity index (χ3v) is 21.5. The van der Waals surface area contributed by atoms with Gasteiger partial charge in [-0.25, -0.2) is 64.8 Å². The number of rotatable bonds is 34. The van der Waals surface area contributed by atoms with Crippen molar-refractivity contribution in [2.45, 2.75) is 193 Å². The Morgan fingerprint density at radius 2 is 0.786 bits per heavy atom. The van der Waals surface area contributed by atoms with Gasteiger partial charge in [0.2, 0.25) is 11.8 Å². The molecule has 18 N–H and O–H groups in total. The van der Waals surface area contributed by atoms with Crippen molar-refractivity contribution in [1.29, 1.82) is 0 Å². The van der Waals surface area contributed by atoms with E-state index in [2.05, 4.69) is 222 Å². The number of likely N-dealkylation sites (N-methyl/N-ethyl adjacent to an activating group) is 1. The Kier molecular flexibility index (Phi) is 42.0. The van der Waals surface area contributed by atoms with E-state index in [-0.39, 0.29) is 53.6 Å². The number of aryl methyl sites for hydroxylation is 6. The summed E-state index contributed by atoms with van der Waals surface area (Å²) in [6.45, 7) is 41.7. The first-order valence-corrected chi connectivity index (χ1v) is 46.7. The Hall–Kier alpha value is -14.8. The molecule has 13 rings (SSSR count). The maximum atomic E-state index is 12.7. The summed E-state index contributed by atoms with van der Waals surface area (Å²) in [4.78, 5) is 93.0. The van der Waals surface area contributed by atoms with Crippen LogP contribution in [-0.4, -0.2) is 169 Å². The van der Waals surface area contributed by atoms with Crippen LogP contribution in [0.4, 0.5) is 58.2 Å². The summed E-state index contributed by atoms with van der Waals surface area (Å²) in [5.74, 6) is 15.6. The fourth-order valence-corrected chi connectivity index (χ4v) is 13.7. The van der Waals surface area contributed by atoms with Gasteiger partial charge in [0, 0.05) is 160 Å².